The number of benzene rings is 1. The van der Waals surface area contributed by atoms with Gasteiger partial charge in [0.2, 0.25) is 0 Å². The smallest absolute Gasteiger partial charge is 0.337 e. The van der Waals surface area contributed by atoms with Crippen molar-refractivity contribution in [2.45, 2.75) is 6.92 Å². The van der Waals surface area contributed by atoms with Gasteiger partial charge in [0.1, 0.15) is 0 Å². The summed E-state index contributed by atoms with van der Waals surface area (Å²) in [5, 5.41) is 0. The third-order valence-corrected chi connectivity index (χ3v) is 1.70. The van der Waals surface area contributed by atoms with E-state index in [1.807, 2.05) is 6.92 Å². The molecule has 0 heterocycles. The lowest BCUT2D eigenvalue weighted by Crippen LogP contribution is -2.02. The Kier molecular flexibility index (Phi) is 5.33. The number of anilines is 1. The standard InChI is InChI=1S/C9H11NO2.CH5N/c1-6-3-4-7(5-8(6)10)9(11)12-2;1-2/h3-5H,10H2,1-2H3;2H2,1H3. The number of aryl methyl sites for hydroxylation is 1. The van der Waals surface area contributed by atoms with E-state index in [0.717, 1.165) is 5.56 Å². The van der Waals surface area contributed by atoms with E-state index in [-0.39, 0.29) is 5.97 Å². The summed E-state index contributed by atoms with van der Waals surface area (Å²) in [6.45, 7) is 1.89. The first-order chi connectivity index (χ1) is 6.65. The lowest BCUT2D eigenvalue weighted by atomic mass is 10.1. The Hall–Kier alpha value is -1.55. The lowest BCUT2D eigenvalue weighted by Gasteiger charge is -2.02. The minimum atomic E-state index is -0.360. The average molecular weight is 196 g/mol. The quantitative estimate of drug-likeness (QED) is 0.517. The number of rotatable bonds is 1. The van der Waals surface area contributed by atoms with Gasteiger partial charge < -0.3 is 16.2 Å². The van der Waals surface area contributed by atoms with E-state index in [2.05, 4.69) is 10.5 Å². The Morgan fingerprint density at radius 3 is 2.36 bits per heavy atom. The van der Waals surface area contributed by atoms with Gasteiger partial charge in [0.25, 0.3) is 0 Å². The molecule has 0 atom stereocenters. The maximum atomic E-state index is 11.0. The predicted molar refractivity (Wildman–Crippen MR) is 57.0 cm³/mol. The number of esters is 1. The largest absolute Gasteiger partial charge is 0.465 e. The second-order valence-corrected chi connectivity index (χ2v) is 2.56. The van der Waals surface area contributed by atoms with Gasteiger partial charge in [-0.05, 0) is 31.7 Å². The first kappa shape index (κ1) is 12.4. The predicted octanol–water partition coefficient (Wildman–Crippen LogP) is 0.939. The summed E-state index contributed by atoms with van der Waals surface area (Å²) in [6.07, 6.45) is 0. The monoisotopic (exact) mass is 196 g/mol. The van der Waals surface area contributed by atoms with Crippen LogP contribution in [0.1, 0.15) is 15.9 Å². The second-order valence-electron chi connectivity index (χ2n) is 2.56. The van der Waals surface area contributed by atoms with Gasteiger partial charge in [0.05, 0.1) is 12.7 Å². The molecule has 4 heteroatoms. The summed E-state index contributed by atoms with van der Waals surface area (Å²) < 4.78 is 4.54. The number of hydrogen-bond donors (Lipinski definition) is 2. The van der Waals surface area contributed by atoms with Gasteiger partial charge in [-0.3, -0.25) is 0 Å². The van der Waals surface area contributed by atoms with Crippen molar-refractivity contribution in [3.8, 4) is 0 Å². The van der Waals surface area contributed by atoms with E-state index >= 15 is 0 Å². The molecule has 0 fully saturated rings. The third-order valence-electron chi connectivity index (χ3n) is 1.70. The Morgan fingerprint density at radius 1 is 1.36 bits per heavy atom. The van der Waals surface area contributed by atoms with Gasteiger partial charge in [-0.1, -0.05) is 6.07 Å². The Labute approximate surface area is 83.9 Å². The normalized spacial score (nSPS) is 8.57. The van der Waals surface area contributed by atoms with Gasteiger partial charge in [-0.25, -0.2) is 4.79 Å². The molecule has 1 aromatic rings. The minimum Gasteiger partial charge on any atom is -0.465 e. The molecule has 0 saturated heterocycles. The zero-order valence-electron chi connectivity index (χ0n) is 8.70. The molecule has 0 aliphatic rings. The molecule has 1 rings (SSSR count). The average Bonchev–Trinajstić information content (AvgIpc) is 2.24. The van der Waals surface area contributed by atoms with Crippen molar-refractivity contribution in [1.82, 2.24) is 0 Å². The first-order valence-electron chi connectivity index (χ1n) is 4.17. The van der Waals surface area contributed by atoms with Crippen LogP contribution in [0.3, 0.4) is 0 Å². The number of carbonyl (C=O) groups is 1. The fourth-order valence-corrected chi connectivity index (χ4v) is 0.885. The fourth-order valence-electron chi connectivity index (χ4n) is 0.885. The molecular weight excluding hydrogens is 180 g/mol. The summed E-state index contributed by atoms with van der Waals surface area (Å²) in [4.78, 5) is 11.0. The summed E-state index contributed by atoms with van der Waals surface area (Å²) >= 11 is 0. The van der Waals surface area contributed by atoms with Crippen LogP contribution in [0, 0.1) is 6.92 Å². The molecule has 4 nitrogen and oxygen atoms in total. The number of nitrogens with two attached hydrogens (primary N) is 2. The Bertz CT molecular complexity index is 311. The van der Waals surface area contributed by atoms with Crippen LogP contribution >= 0.6 is 0 Å². The highest BCUT2D eigenvalue weighted by atomic mass is 16.5. The highest BCUT2D eigenvalue weighted by Gasteiger charge is 2.05. The van der Waals surface area contributed by atoms with Crippen molar-refractivity contribution < 1.29 is 9.53 Å². The third kappa shape index (κ3) is 3.06. The maximum Gasteiger partial charge on any atom is 0.337 e. The van der Waals surface area contributed by atoms with E-state index in [0.29, 0.717) is 11.3 Å². The molecule has 0 aromatic heterocycles. The topological polar surface area (TPSA) is 78.3 Å². The van der Waals surface area contributed by atoms with Crippen LogP contribution in [0.15, 0.2) is 18.2 Å². The molecule has 0 aliphatic carbocycles. The van der Waals surface area contributed by atoms with Crippen LogP contribution in [-0.2, 0) is 4.74 Å². The number of nitrogen functional groups attached to an aromatic ring is 1. The summed E-state index contributed by atoms with van der Waals surface area (Å²) in [5.41, 5.74) is 12.2. The summed E-state index contributed by atoms with van der Waals surface area (Å²) in [5.74, 6) is -0.360. The Morgan fingerprint density at radius 2 is 1.93 bits per heavy atom. The van der Waals surface area contributed by atoms with Crippen molar-refractivity contribution in [3.63, 3.8) is 0 Å². The molecule has 0 unspecified atom stereocenters. The number of carbonyl (C=O) groups excluding carboxylic acids is 1. The van der Waals surface area contributed by atoms with Gasteiger partial charge >= 0.3 is 5.97 Å². The zero-order valence-corrected chi connectivity index (χ0v) is 8.70. The van der Waals surface area contributed by atoms with Crippen molar-refractivity contribution in [2.24, 2.45) is 5.73 Å². The van der Waals surface area contributed by atoms with Crippen molar-refractivity contribution in [2.75, 3.05) is 19.9 Å². The fraction of sp³-hybridized carbons (Fsp3) is 0.300. The minimum absolute atomic E-state index is 0.360. The molecule has 0 amide bonds. The lowest BCUT2D eigenvalue weighted by molar-refractivity contribution is 0.0601. The van der Waals surface area contributed by atoms with E-state index in [4.69, 9.17) is 5.73 Å². The molecule has 0 radical (unpaired) electrons. The molecule has 0 spiro atoms. The number of hydrogen-bond acceptors (Lipinski definition) is 4. The van der Waals surface area contributed by atoms with E-state index < -0.39 is 0 Å². The molecule has 14 heavy (non-hydrogen) atoms. The van der Waals surface area contributed by atoms with Crippen LogP contribution in [0.2, 0.25) is 0 Å². The van der Waals surface area contributed by atoms with Crippen LogP contribution < -0.4 is 11.5 Å². The summed E-state index contributed by atoms with van der Waals surface area (Å²) in [7, 11) is 2.85. The van der Waals surface area contributed by atoms with Crippen LogP contribution in [0.4, 0.5) is 5.69 Å². The molecule has 4 N–H and O–H groups in total. The van der Waals surface area contributed by atoms with Gasteiger partial charge in [-0.15, -0.1) is 0 Å². The van der Waals surface area contributed by atoms with E-state index in [1.54, 1.807) is 18.2 Å². The molecule has 0 saturated carbocycles. The number of methoxy groups -OCH3 is 1. The molecule has 0 bridgehead atoms. The highest BCUT2D eigenvalue weighted by molar-refractivity contribution is 5.90. The maximum absolute atomic E-state index is 11.0. The SMILES string of the molecule is CN.COC(=O)c1ccc(C)c(N)c1. The zero-order chi connectivity index (χ0) is 11.1. The molecule has 0 aliphatic heterocycles. The van der Waals surface area contributed by atoms with Crippen molar-refractivity contribution in [3.05, 3.63) is 29.3 Å². The molecule has 78 valence electrons. The van der Waals surface area contributed by atoms with E-state index in [1.165, 1.54) is 14.2 Å². The molecule has 1 aromatic carbocycles. The highest BCUT2D eigenvalue weighted by Crippen LogP contribution is 2.13. The second kappa shape index (κ2) is 5.99. The van der Waals surface area contributed by atoms with Crippen molar-refractivity contribution >= 4 is 11.7 Å². The van der Waals surface area contributed by atoms with Crippen LogP contribution in [0.25, 0.3) is 0 Å². The first-order valence-corrected chi connectivity index (χ1v) is 4.17. The Balaban J connectivity index is 0.000000791. The van der Waals surface area contributed by atoms with Crippen LogP contribution in [-0.4, -0.2) is 20.1 Å². The van der Waals surface area contributed by atoms with Crippen molar-refractivity contribution in [1.29, 1.82) is 0 Å². The van der Waals surface area contributed by atoms with Gasteiger partial charge in [0.15, 0.2) is 0 Å². The van der Waals surface area contributed by atoms with E-state index in [9.17, 15) is 4.79 Å². The van der Waals surface area contributed by atoms with Gasteiger partial charge in [-0.2, -0.15) is 0 Å². The molecular formula is C10H16N2O2. The van der Waals surface area contributed by atoms with Crippen LogP contribution in [0.5, 0.6) is 0 Å². The van der Waals surface area contributed by atoms with Gasteiger partial charge in [0, 0.05) is 5.69 Å². The number of ether oxygens (including phenoxy) is 1. The summed E-state index contributed by atoms with van der Waals surface area (Å²) in [6, 6.07) is 5.10.